The second-order valence-corrected chi connectivity index (χ2v) is 6.11. The number of benzene rings is 3. The number of nitrogens with zero attached hydrogens (tertiary/aromatic N) is 3. The standard InChI is InChI=1S/C19H14F3N3O3/c20-19(21,22)13-2-4-15-16(10-13)24-25(23-15)17-8-12-7-14(28-6-5-26)3-1-11(12)9-18(17)27/h1-4,7-10,26-27H,5-6H2. The van der Waals surface area contributed by atoms with Crippen molar-refractivity contribution in [1.29, 1.82) is 0 Å². The molecule has 0 atom stereocenters. The third kappa shape index (κ3) is 3.31. The number of hydrogen-bond donors (Lipinski definition) is 2. The number of aliphatic hydroxyl groups is 1. The molecule has 0 radical (unpaired) electrons. The topological polar surface area (TPSA) is 80.4 Å². The van der Waals surface area contributed by atoms with E-state index in [9.17, 15) is 18.3 Å². The minimum atomic E-state index is -4.48. The van der Waals surface area contributed by atoms with E-state index >= 15 is 0 Å². The van der Waals surface area contributed by atoms with Gasteiger partial charge in [-0.1, -0.05) is 6.07 Å². The van der Waals surface area contributed by atoms with Crippen LogP contribution in [-0.4, -0.2) is 38.4 Å². The number of alkyl halides is 3. The molecule has 0 amide bonds. The number of fused-ring (bicyclic) bond motifs is 2. The molecule has 144 valence electrons. The Morgan fingerprint density at radius 2 is 1.71 bits per heavy atom. The first kappa shape index (κ1) is 18.1. The summed E-state index contributed by atoms with van der Waals surface area (Å²) in [6.45, 7) is 0.0205. The van der Waals surface area contributed by atoms with Crippen molar-refractivity contribution in [1.82, 2.24) is 15.0 Å². The van der Waals surface area contributed by atoms with Crippen LogP contribution in [0.25, 0.3) is 27.5 Å². The van der Waals surface area contributed by atoms with E-state index in [-0.39, 0.29) is 35.7 Å². The first-order chi connectivity index (χ1) is 13.3. The molecule has 0 aliphatic heterocycles. The van der Waals surface area contributed by atoms with E-state index in [1.54, 1.807) is 24.3 Å². The van der Waals surface area contributed by atoms with Gasteiger partial charge in [0, 0.05) is 0 Å². The Bertz CT molecular complexity index is 1170. The molecule has 28 heavy (non-hydrogen) atoms. The number of phenols is 1. The number of aromatic nitrogens is 3. The number of aromatic hydroxyl groups is 1. The van der Waals surface area contributed by atoms with Gasteiger partial charge >= 0.3 is 6.18 Å². The highest BCUT2D eigenvalue weighted by atomic mass is 19.4. The zero-order valence-electron chi connectivity index (χ0n) is 14.3. The molecule has 1 aromatic heterocycles. The third-order valence-electron chi connectivity index (χ3n) is 4.19. The van der Waals surface area contributed by atoms with E-state index in [1.165, 1.54) is 12.1 Å². The zero-order chi connectivity index (χ0) is 19.9. The van der Waals surface area contributed by atoms with Crippen molar-refractivity contribution in [2.45, 2.75) is 6.18 Å². The summed E-state index contributed by atoms with van der Waals surface area (Å²) in [5.41, 5.74) is -0.265. The van der Waals surface area contributed by atoms with E-state index in [1.807, 2.05) is 0 Å². The Balaban J connectivity index is 1.79. The van der Waals surface area contributed by atoms with Crippen molar-refractivity contribution in [3.63, 3.8) is 0 Å². The molecule has 0 aliphatic carbocycles. The summed E-state index contributed by atoms with van der Waals surface area (Å²) in [5, 5.41) is 28.9. The Hall–Kier alpha value is -3.33. The number of halogens is 3. The maximum Gasteiger partial charge on any atom is 0.416 e. The van der Waals surface area contributed by atoms with Crippen LogP contribution in [0.1, 0.15) is 5.56 Å². The number of ether oxygens (including phenoxy) is 1. The monoisotopic (exact) mass is 389 g/mol. The fourth-order valence-corrected chi connectivity index (χ4v) is 2.86. The lowest BCUT2D eigenvalue weighted by Gasteiger charge is -2.08. The van der Waals surface area contributed by atoms with Gasteiger partial charge in [0.05, 0.1) is 12.2 Å². The minimum absolute atomic E-state index is 0.0642. The molecular formula is C19H14F3N3O3. The summed E-state index contributed by atoms with van der Waals surface area (Å²) >= 11 is 0. The predicted octanol–water partition coefficient (Wildman–Crippen LogP) is 3.67. The normalized spacial score (nSPS) is 12.0. The highest BCUT2D eigenvalue weighted by Gasteiger charge is 2.31. The highest BCUT2D eigenvalue weighted by Crippen LogP contribution is 2.32. The van der Waals surface area contributed by atoms with Gasteiger partial charge in [-0.05, 0) is 53.2 Å². The Kier molecular flexibility index (Phi) is 4.31. The molecule has 4 aromatic rings. The first-order valence-electron chi connectivity index (χ1n) is 8.30. The second kappa shape index (κ2) is 6.68. The fraction of sp³-hybridized carbons (Fsp3) is 0.158. The lowest BCUT2D eigenvalue weighted by molar-refractivity contribution is -0.137. The molecule has 0 aliphatic rings. The van der Waals surface area contributed by atoms with Crippen LogP contribution in [0.15, 0.2) is 48.5 Å². The molecule has 2 N–H and O–H groups in total. The molecule has 1 heterocycles. The van der Waals surface area contributed by atoms with E-state index < -0.39 is 11.7 Å². The molecule has 0 saturated carbocycles. The molecule has 0 spiro atoms. The molecule has 0 fully saturated rings. The van der Waals surface area contributed by atoms with Gasteiger partial charge in [0.25, 0.3) is 0 Å². The summed E-state index contributed by atoms with van der Waals surface area (Å²) < 4.78 is 44.0. The molecule has 0 bridgehead atoms. The van der Waals surface area contributed by atoms with Crippen molar-refractivity contribution in [2.75, 3.05) is 13.2 Å². The smallest absolute Gasteiger partial charge is 0.416 e. The van der Waals surface area contributed by atoms with Crippen molar-refractivity contribution in [3.05, 3.63) is 54.1 Å². The Morgan fingerprint density at radius 3 is 2.46 bits per heavy atom. The van der Waals surface area contributed by atoms with Gasteiger partial charge in [-0.25, -0.2) is 0 Å². The molecule has 0 unspecified atom stereocenters. The van der Waals surface area contributed by atoms with Crippen LogP contribution in [0.2, 0.25) is 0 Å². The molecule has 3 aromatic carbocycles. The van der Waals surface area contributed by atoms with Crippen LogP contribution < -0.4 is 4.74 Å². The highest BCUT2D eigenvalue weighted by molar-refractivity contribution is 5.88. The van der Waals surface area contributed by atoms with Gasteiger partial charge in [0.15, 0.2) is 0 Å². The van der Waals surface area contributed by atoms with Crippen LogP contribution in [0.3, 0.4) is 0 Å². The quantitative estimate of drug-likeness (QED) is 0.557. The largest absolute Gasteiger partial charge is 0.506 e. The second-order valence-electron chi connectivity index (χ2n) is 6.11. The van der Waals surface area contributed by atoms with Crippen LogP contribution in [0, 0.1) is 0 Å². The van der Waals surface area contributed by atoms with Gasteiger partial charge in [0.1, 0.15) is 34.8 Å². The Labute approximate surface area is 156 Å². The summed E-state index contributed by atoms with van der Waals surface area (Å²) in [7, 11) is 0. The summed E-state index contributed by atoms with van der Waals surface area (Å²) in [6, 6.07) is 11.4. The number of rotatable bonds is 4. The van der Waals surface area contributed by atoms with Gasteiger partial charge in [-0.15, -0.1) is 15.0 Å². The van der Waals surface area contributed by atoms with E-state index in [0.717, 1.165) is 22.3 Å². The average molecular weight is 389 g/mol. The van der Waals surface area contributed by atoms with E-state index in [4.69, 9.17) is 9.84 Å². The first-order valence-corrected chi connectivity index (χ1v) is 8.30. The number of aliphatic hydroxyl groups excluding tert-OH is 1. The third-order valence-corrected chi connectivity index (χ3v) is 4.19. The summed E-state index contributed by atoms with van der Waals surface area (Å²) in [5.74, 6) is 0.416. The van der Waals surface area contributed by atoms with E-state index in [0.29, 0.717) is 11.1 Å². The lowest BCUT2D eigenvalue weighted by Crippen LogP contribution is -2.04. The SMILES string of the molecule is OCCOc1ccc2cc(O)c(-n3nc4ccc(C(F)(F)F)cc4n3)cc2c1. The number of hydrogen-bond acceptors (Lipinski definition) is 5. The summed E-state index contributed by atoms with van der Waals surface area (Å²) in [4.78, 5) is 1.10. The molecular weight excluding hydrogens is 375 g/mol. The minimum Gasteiger partial charge on any atom is -0.506 e. The van der Waals surface area contributed by atoms with Crippen molar-refractivity contribution in [2.24, 2.45) is 0 Å². The van der Waals surface area contributed by atoms with Gasteiger partial charge < -0.3 is 14.9 Å². The van der Waals surface area contributed by atoms with Crippen LogP contribution in [0.4, 0.5) is 13.2 Å². The van der Waals surface area contributed by atoms with Gasteiger partial charge in [-0.3, -0.25) is 0 Å². The maximum absolute atomic E-state index is 12.9. The van der Waals surface area contributed by atoms with E-state index in [2.05, 4.69) is 10.2 Å². The van der Waals surface area contributed by atoms with Crippen LogP contribution >= 0.6 is 0 Å². The van der Waals surface area contributed by atoms with Crippen LogP contribution in [-0.2, 0) is 6.18 Å². The number of phenolic OH excluding ortho intramolecular Hbond substituents is 1. The van der Waals surface area contributed by atoms with Gasteiger partial charge in [-0.2, -0.15) is 13.2 Å². The van der Waals surface area contributed by atoms with Crippen molar-refractivity contribution >= 4 is 21.8 Å². The van der Waals surface area contributed by atoms with Crippen molar-refractivity contribution < 1.29 is 28.1 Å². The molecule has 4 rings (SSSR count). The van der Waals surface area contributed by atoms with Crippen molar-refractivity contribution in [3.8, 4) is 17.2 Å². The average Bonchev–Trinajstić information content (AvgIpc) is 3.08. The van der Waals surface area contributed by atoms with Crippen LogP contribution in [0.5, 0.6) is 11.5 Å². The maximum atomic E-state index is 12.9. The lowest BCUT2D eigenvalue weighted by atomic mass is 10.1. The molecule has 0 saturated heterocycles. The predicted molar refractivity (Wildman–Crippen MR) is 95.6 cm³/mol. The summed E-state index contributed by atoms with van der Waals surface area (Å²) in [6.07, 6.45) is -4.48. The Morgan fingerprint density at radius 1 is 0.929 bits per heavy atom. The van der Waals surface area contributed by atoms with Gasteiger partial charge in [0.2, 0.25) is 0 Å². The molecule has 9 heteroatoms. The molecule has 6 nitrogen and oxygen atoms in total. The zero-order valence-corrected chi connectivity index (χ0v) is 14.3. The fourth-order valence-electron chi connectivity index (χ4n) is 2.86.